The fourth-order valence-electron chi connectivity index (χ4n) is 2.16. The highest BCUT2D eigenvalue weighted by Gasteiger charge is 2.34. The molecule has 1 fully saturated rings. The first-order chi connectivity index (χ1) is 7.50. The van der Waals surface area contributed by atoms with Crippen LogP contribution in [-0.2, 0) is 0 Å². The molecule has 1 saturated heterocycles. The highest BCUT2D eigenvalue weighted by atomic mass is 35.5. The van der Waals surface area contributed by atoms with Crippen molar-refractivity contribution < 1.29 is 0 Å². The van der Waals surface area contributed by atoms with Gasteiger partial charge in [0.25, 0.3) is 0 Å². The van der Waals surface area contributed by atoms with Gasteiger partial charge in [0.1, 0.15) is 5.82 Å². The maximum absolute atomic E-state index is 6.15. The van der Waals surface area contributed by atoms with Crippen LogP contribution in [0.2, 0.25) is 5.02 Å². The third-order valence-corrected chi connectivity index (χ3v) is 3.65. The van der Waals surface area contributed by atoms with Crippen LogP contribution >= 0.6 is 11.6 Å². The third-order valence-electron chi connectivity index (χ3n) is 3.35. The Labute approximate surface area is 102 Å². The van der Waals surface area contributed by atoms with Crippen LogP contribution in [-0.4, -0.2) is 24.1 Å². The Morgan fingerprint density at radius 1 is 1.56 bits per heavy atom. The number of piperidine rings is 1. The summed E-state index contributed by atoms with van der Waals surface area (Å²) >= 11 is 6.15. The number of nitrogens with zero attached hydrogens (tertiary/aromatic N) is 2. The quantitative estimate of drug-likeness (QED) is 0.818. The minimum Gasteiger partial charge on any atom is -0.355 e. The molecule has 1 aromatic rings. The van der Waals surface area contributed by atoms with Crippen LogP contribution in [0, 0.1) is 5.41 Å². The van der Waals surface area contributed by atoms with Gasteiger partial charge in [0.15, 0.2) is 0 Å². The molecule has 0 radical (unpaired) electrons. The standard InChI is InChI=1S/C12H18ClN3/c1-12(2)8-16(7-5-10(12)14)11-9(13)4-3-6-15-11/h3-4,6,10H,5,7-8,14H2,1-2H3. The Morgan fingerprint density at radius 2 is 2.31 bits per heavy atom. The molecule has 0 saturated carbocycles. The average Bonchev–Trinajstić information content (AvgIpc) is 2.23. The molecule has 88 valence electrons. The van der Waals surface area contributed by atoms with Gasteiger partial charge in [0, 0.05) is 25.3 Å². The fraction of sp³-hybridized carbons (Fsp3) is 0.583. The van der Waals surface area contributed by atoms with Gasteiger partial charge in [-0.05, 0) is 24.0 Å². The summed E-state index contributed by atoms with van der Waals surface area (Å²) in [6.07, 6.45) is 2.77. The summed E-state index contributed by atoms with van der Waals surface area (Å²) in [5.74, 6) is 0.879. The smallest absolute Gasteiger partial charge is 0.147 e. The number of nitrogens with two attached hydrogens (primary N) is 1. The zero-order chi connectivity index (χ0) is 11.8. The molecule has 1 unspecified atom stereocenters. The summed E-state index contributed by atoms with van der Waals surface area (Å²) in [5.41, 5.74) is 6.22. The first-order valence-electron chi connectivity index (χ1n) is 5.62. The van der Waals surface area contributed by atoms with Crippen LogP contribution in [0.1, 0.15) is 20.3 Å². The lowest BCUT2D eigenvalue weighted by molar-refractivity contribution is 0.244. The lowest BCUT2D eigenvalue weighted by atomic mass is 9.80. The summed E-state index contributed by atoms with van der Waals surface area (Å²) in [6.45, 7) is 6.23. The van der Waals surface area contributed by atoms with E-state index in [9.17, 15) is 0 Å². The predicted molar refractivity (Wildman–Crippen MR) is 67.8 cm³/mol. The van der Waals surface area contributed by atoms with Gasteiger partial charge in [-0.25, -0.2) is 4.98 Å². The molecule has 16 heavy (non-hydrogen) atoms. The molecule has 0 amide bonds. The Hall–Kier alpha value is -0.800. The second kappa shape index (κ2) is 4.22. The minimum absolute atomic E-state index is 0.110. The third kappa shape index (κ3) is 2.15. The largest absolute Gasteiger partial charge is 0.355 e. The Kier molecular flexibility index (Phi) is 3.08. The van der Waals surface area contributed by atoms with Gasteiger partial charge < -0.3 is 10.6 Å². The molecule has 0 aliphatic carbocycles. The number of halogens is 1. The first-order valence-corrected chi connectivity index (χ1v) is 5.99. The van der Waals surface area contributed by atoms with E-state index in [4.69, 9.17) is 17.3 Å². The van der Waals surface area contributed by atoms with Gasteiger partial charge in [-0.2, -0.15) is 0 Å². The Morgan fingerprint density at radius 3 is 2.94 bits per heavy atom. The summed E-state index contributed by atoms with van der Waals surface area (Å²) in [7, 11) is 0. The maximum atomic E-state index is 6.15. The molecular weight excluding hydrogens is 222 g/mol. The van der Waals surface area contributed by atoms with Gasteiger partial charge in [-0.15, -0.1) is 0 Å². The molecule has 1 atom stereocenters. The topological polar surface area (TPSA) is 42.2 Å². The number of anilines is 1. The van der Waals surface area contributed by atoms with Crippen molar-refractivity contribution in [1.29, 1.82) is 0 Å². The molecule has 3 nitrogen and oxygen atoms in total. The van der Waals surface area contributed by atoms with Crippen molar-refractivity contribution in [3.05, 3.63) is 23.4 Å². The Balaban J connectivity index is 2.21. The SMILES string of the molecule is CC1(C)CN(c2ncccc2Cl)CCC1N. The second-order valence-corrected chi connectivity index (χ2v) is 5.52. The first kappa shape index (κ1) is 11.7. The van der Waals surface area contributed by atoms with E-state index < -0.39 is 0 Å². The zero-order valence-electron chi connectivity index (χ0n) is 9.78. The number of hydrogen-bond donors (Lipinski definition) is 1. The van der Waals surface area contributed by atoms with Crippen LogP contribution in [0.5, 0.6) is 0 Å². The monoisotopic (exact) mass is 239 g/mol. The molecule has 4 heteroatoms. The second-order valence-electron chi connectivity index (χ2n) is 5.11. The summed E-state index contributed by atoms with van der Waals surface area (Å²) in [6, 6.07) is 3.99. The molecule has 0 spiro atoms. The van der Waals surface area contributed by atoms with Crippen molar-refractivity contribution in [2.75, 3.05) is 18.0 Å². The lowest BCUT2D eigenvalue weighted by Crippen LogP contribution is -2.52. The van der Waals surface area contributed by atoms with Crippen molar-refractivity contribution >= 4 is 17.4 Å². The summed E-state index contributed by atoms with van der Waals surface area (Å²) < 4.78 is 0. The lowest BCUT2D eigenvalue weighted by Gasteiger charge is -2.43. The average molecular weight is 240 g/mol. The van der Waals surface area contributed by atoms with Crippen molar-refractivity contribution in [2.45, 2.75) is 26.3 Å². The van der Waals surface area contributed by atoms with Crippen LogP contribution in [0.4, 0.5) is 5.82 Å². The van der Waals surface area contributed by atoms with Gasteiger partial charge in [0.2, 0.25) is 0 Å². The molecule has 1 aromatic heterocycles. The molecule has 1 aliphatic rings. The number of hydrogen-bond acceptors (Lipinski definition) is 3. The van der Waals surface area contributed by atoms with E-state index in [0.29, 0.717) is 5.02 Å². The van der Waals surface area contributed by atoms with E-state index >= 15 is 0 Å². The molecule has 0 aromatic carbocycles. The van der Waals surface area contributed by atoms with Gasteiger partial charge in [0.05, 0.1) is 5.02 Å². The molecule has 2 rings (SSSR count). The molecule has 0 bridgehead atoms. The highest BCUT2D eigenvalue weighted by molar-refractivity contribution is 6.32. The van der Waals surface area contributed by atoms with Crippen molar-refractivity contribution in [3.63, 3.8) is 0 Å². The minimum atomic E-state index is 0.110. The summed E-state index contributed by atoms with van der Waals surface area (Å²) in [4.78, 5) is 6.57. The van der Waals surface area contributed by atoms with Crippen molar-refractivity contribution in [3.8, 4) is 0 Å². The molecule has 1 aliphatic heterocycles. The van der Waals surface area contributed by atoms with Crippen LogP contribution < -0.4 is 10.6 Å². The van der Waals surface area contributed by atoms with E-state index in [1.54, 1.807) is 6.20 Å². The van der Waals surface area contributed by atoms with Crippen LogP contribution in [0.3, 0.4) is 0 Å². The van der Waals surface area contributed by atoms with E-state index in [0.717, 1.165) is 25.3 Å². The predicted octanol–water partition coefficient (Wildman–Crippen LogP) is 2.30. The van der Waals surface area contributed by atoms with Crippen LogP contribution in [0.25, 0.3) is 0 Å². The van der Waals surface area contributed by atoms with E-state index in [2.05, 4.69) is 23.7 Å². The zero-order valence-corrected chi connectivity index (χ0v) is 10.5. The molecular formula is C12H18ClN3. The van der Waals surface area contributed by atoms with Gasteiger partial charge in [-0.1, -0.05) is 25.4 Å². The number of pyridine rings is 1. The number of aromatic nitrogens is 1. The maximum Gasteiger partial charge on any atom is 0.147 e. The van der Waals surface area contributed by atoms with E-state index in [1.807, 2.05) is 12.1 Å². The normalized spacial score (nSPS) is 24.5. The Bertz CT molecular complexity index is 378. The van der Waals surface area contributed by atoms with Crippen molar-refractivity contribution in [1.82, 2.24) is 4.98 Å². The fourth-order valence-corrected chi connectivity index (χ4v) is 2.41. The molecule has 2 heterocycles. The van der Waals surface area contributed by atoms with Crippen LogP contribution in [0.15, 0.2) is 18.3 Å². The number of rotatable bonds is 1. The van der Waals surface area contributed by atoms with Gasteiger partial charge >= 0.3 is 0 Å². The van der Waals surface area contributed by atoms with Gasteiger partial charge in [-0.3, -0.25) is 0 Å². The van der Waals surface area contributed by atoms with E-state index in [-0.39, 0.29) is 11.5 Å². The summed E-state index contributed by atoms with van der Waals surface area (Å²) in [5, 5.41) is 0.716. The highest BCUT2D eigenvalue weighted by Crippen LogP contribution is 2.32. The molecule has 2 N–H and O–H groups in total. The van der Waals surface area contributed by atoms with Crippen molar-refractivity contribution in [2.24, 2.45) is 11.1 Å². The van der Waals surface area contributed by atoms with E-state index in [1.165, 1.54) is 0 Å².